The quantitative estimate of drug-likeness (QED) is 0.459. The van der Waals surface area contributed by atoms with E-state index in [1.54, 1.807) is 24.4 Å². The van der Waals surface area contributed by atoms with Gasteiger partial charge in [0.1, 0.15) is 16.4 Å². The fraction of sp³-hybridized carbons (Fsp3) is 0.143. The Balaban J connectivity index is 1.61. The lowest BCUT2D eigenvalue weighted by Gasteiger charge is -2.07. The molecule has 1 N–H and O–H groups in total. The first-order chi connectivity index (χ1) is 14.6. The van der Waals surface area contributed by atoms with Gasteiger partial charge in [-0.2, -0.15) is 0 Å². The molecule has 9 heteroatoms. The van der Waals surface area contributed by atoms with Crippen LogP contribution in [0.5, 0.6) is 0 Å². The van der Waals surface area contributed by atoms with Gasteiger partial charge in [-0.1, -0.05) is 30.3 Å². The van der Waals surface area contributed by atoms with Crippen molar-refractivity contribution < 1.29 is 14.3 Å². The molecule has 0 saturated carbocycles. The number of aromatic nitrogens is 2. The Morgan fingerprint density at radius 3 is 2.77 bits per heavy atom. The minimum Gasteiger partial charge on any atom is -0.462 e. The number of hydrogen-bond donors (Lipinski definition) is 1. The summed E-state index contributed by atoms with van der Waals surface area (Å²) < 4.78 is 6.38. The van der Waals surface area contributed by atoms with Crippen molar-refractivity contribution >= 4 is 49.8 Å². The number of thiophene rings is 2. The van der Waals surface area contributed by atoms with Gasteiger partial charge in [0.05, 0.1) is 23.9 Å². The topological polar surface area (TPSA) is 90.3 Å². The van der Waals surface area contributed by atoms with Crippen molar-refractivity contribution in [3.05, 3.63) is 70.1 Å². The van der Waals surface area contributed by atoms with Gasteiger partial charge in [0.2, 0.25) is 5.91 Å². The van der Waals surface area contributed by atoms with E-state index in [1.807, 2.05) is 30.3 Å². The largest absolute Gasteiger partial charge is 0.462 e. The van der Waals surface area contributed by atoms with Crippen LogP contribution >= 0.6 is 22.7 Å². The molecular formula is C21H17N3O4S2. The molecule has 7 nitrogen and oxygen atoms in total. The molecule has 0 unspecified atom stereocenters. The summed E-state index contributed by atoms with van der Waals surface area (Å²) >= 11 is 2.65. The summed E-state index contributed by atoms with van der Waals surface area (Å²) in [4.78, 5) is 43.2. The number of nitrogens with zero attached hydrogens (tertiary/aromatic N) is 2. The fourth-order valence-corrected chi connectivity index (χ4v) is 4.71. The summed E-state index contributed by atoms with van der Waals surface area (Å²) in [6.45, 7) is 1.74. The van der Waals surface area contributed by atoms with E-state index in [0.717, 1.165) is 10.4 Å². The van der Waals surface area contributed by atoms with Crippen molar-refractivity contribution in [2.24, 2.45) is 0 Å². The Morgan fingerprint density at radius 2 is 2.00 bits per heavy atom. The van der Waals surface area contributed by atoms with E-state index in [1.165, 1.54) is 33.6 Å². The van der Waals surface area contributed by atoms with Crippen molar-refractivity contribution in [1.82, 2.24) is 9.55 Å². The van der Waals surface area contributed by atoms with Gasteiger partial charge in [0.25, 0.3) is 5.56 Å². The van der Waals surface area contributed by atoms with Crippen molar-refractivity contribution in [2.75, 3.05) is 11.9 Å². The van der Waals surface area contributed by atoms with Crippen LogP contribution in [-0.2, 0) is 16.1 Å². The van der Waals surface area contributed by atoms with Crippen LogP contribution in [0, 0.1) is 0 Å². The van der Waals surface area contributed by atoms with E-state index >= 15 is 0 Å². The van der Waals surface area contributed by atoms with E-state index in [9.17, 15) is 14.4 Å². The number of esters is 1. The van der Waals surface area contributed by atoms with Gasteiger partial charge >= 0.3 is 5.97 Å². The van der Waals surface area contributed by atoms with Gasteiger partial charge in [0, 0.05) is 4.88 Å². The van der Waals surface area contributed by atoms with Crippen LogP contribution in [0.1, 0.15) is 17.3 Å². The van der Waals surface area contributed by atoms with E-state index in [4.69, 9.17) is 4.74 Å². The SMILES string of the molecule is CCOC(=O)c1cc(-c2ccccc2)sc1NC(=O)Cn1cnc2sccc2c1=O. The lowest BCUT2D eigenvalue weighted by molar-refractivity contribution is -0.116. The van der Waals surface area contributed by atoms with Gasteiger partial charge in [-0.05, 0) is 30.0 Å². The van der Waals surface area contributed by atoms with Gasteiger partial charge in [0.15, 0.2) is 0 Å². The first-order valence-corrected chi connectivity index (χ1v) is 10.8. The van der Waals surface area contributed by atoms with Crippen LogP contribution in [0.15, 0.2) is 59.0 Å². The molecule has 0 atom stereocenters. The van der Waals surface area contributed by atoms with Crippen LogP contribution in [0.4, 0.5) is 5.00 Å². The summed E-state index contributed by atoms with van der Waals surface area (Å²) in [5.74, 6) is -0.940. The van der Waals surface area contributed by atoms with Gasteiger partial charge in [-0.15, -0.1) is 22.7 Å². The second-order valence-corrected chi connectivity index (χ2v) is 8.25. The Kier molecular flexibility index (Phi) is 5.73. The maximum atomic E-state index is 12.6. The molecule has 3 heterocycles. The van der Waals surface area contributed by atoms with Crippen LogP contribution in [0.2, 0.25) is 0 Å². The average molecular weight is 440 g/mol. The van der Waals surface area contributed by atoms with E-state index < -0.39 is 11.9 Å². The van der Waals surface area contributed by atoms with Crippen molar-refractivity contribution in [3.63, 3.8) is 0 Å². The molecule has 1 aromatic carbocycles. The highest BCUT2D eigenvalue weighted by atomic mass is 32.1. The summed E-state index contributed by atoms with van der Waals surface area (Å²) in [5.41, 5.74) is 0.933. The highest BCUT2D eigenvalue weighted by molar-refractivity contribution is 7.20. The number of hydrogen-bond acceptors (Lipinski definition) is 7. The number of rotatable bonds is 6. The molecule has 0 fully saturated rings. The molecule has 30 heavy (non-hydrogen) atoms. The molecule has 0 bridgehead atoms. The summed E-state index contributed by atoms with van der Waals surface area (Å²) in [5, 5.41) is 5.40. The van der Waals surface area contributed by atoms with Gasteiger partial charge in [-0.25, -0.2) is 9.78 Å². The van der Waals surface area contributed by atoms with Crippen LogP contribution in [0.25, 0.3) is 20.7 Å². The minimum atomic E-state index is -0.509. The number of fused-ring (bicyclic) bond motifs is 1. The van der Waals surface area contributed by atoms with Crippen molar-refractivity contribution in [3.8, 4) is 10.4 Å². The molecule has 0 aliphatic carbocycles. The fourth-order valence-electron chi connectivity index (χ4n) is 2.92. The molecule has 3 aromatic heterocycles. The zero-order valence-corrected chi connectivity index (χ0v) is 17.6. The van der Waals surface area contributed by atoms with Gasteiger partial charge < -0.3 is 10.1 Å². The second kappa shape index (κ2) is 8.60. The summed E-state index contributed by atoms with van der Waals surface area (Å²) in [7, 11) is 0. The summed E-state index contributed by atoms with van der Waals surface area (Å²) in [6.07, 6.45) is 1.36. The average Bonchev–Trinajstić information content (AvgIpc) is 3.38. The van der Waals surface area contributed by atoms with Crippen molar-refractivity contribution in [2.45, 2.75) is 13.5 Å². The zero-order chi connectivity index (χ0) is 21.1. The highest BCUT2D eigenvalue weighted by Crippen LogP contribution is 2.36. The molecule has 0 aliphatic rings. The van der Waals surface area contributed by atoms with Gasteiger partial charge in [-0.3, -0.25) is 14.2 Å². The number of benzene rings is 1. The Labute approximate surface area is 179 Å². The number of amides is 1. The lowest BCUT2D eigenvalue weighted by atomic mass is 10.1. The van der Waals surface area contributed by atoms with E-state index in [2.05, 4.69) is 10.3 Å². The Hall–Kier alpha value is -3.30. The van der Waals surface area contributed by atoms with Crippen LogP contribution in [0.3, 0.4) is 0 Å². The zero-order valence-electron chi connectivity index (χ0n) is 16.0. The number of anilines is 1. The normalized spacial score (nSPS) is 10.8. The first kappa shape index (κ1) is 20.0. The maximum absolute atomic E-state index is 12.6. The minimum absolute atomic E-state index is 0.210. The van der Waals surface area contributed by atoms with E-state index in [-0.39, 0.29) is 24.3 Å². The second-order valence-electron chi connectivity index (χ2n) is 6.31. The Morgan fingerprint density at radius 1 is 1.20 bits per heavy atom. The molecule has 4 aromatic rings. The molecule has 0 saturated heterocycles. The number of nitrogens with one attached hydrogen (secondary N) is 1. The standard InChI is InChI=1S/C21H17N3O4S2/c1-2-28-21(27)15-10-16(13-6-4-3-5-7-13)30-19(15)23-17(25)11-24-12-22-18-14(20(24)26)8-9-29-18/h3-10,12H,2,11H2,1H3,(H,23,25). The monoisotopic (exact) mass is 439 g/mol. The van der Waals surface area contributed by atoms with Crippen LogP contribution in [-0.4, -0.2) is 28.0 Å². The number of carbonyl (C=O) groups is 2. The smallest absolute Gasteiger partial charge is 0.341 e. The Bertz CT molecular complexity index is 1270. The third-order valence-electron chi connectivity index (χ3n) is 4.30. The molecule has 0 radical (unpaired) electrons. The molecule has 152 valence electrons. The lowest BCUT2D eigenvalue weighted by Crippen LogP contribution is -2.27. The molecule has 0 aliphatic heterocycles. The highest BCUT2D eigenvalue weighted by Gasteiger charge is 2.20. The predicted octanol–water partition coefficient (Wildman–Crippen LogP) is 4.00. The number of ether oxygens (including phenoxy) is 1. The van der Waals surface area contributed by atoms with Crippen LogP contribution < -0.4 is 10.9 Å². The predicted molar refractivity (Wildman–Crippen MR) is 118 cm³/mol. The maximum Gasteiger partial charge on any atom is 0.341 e. The number of carbonyl (C=O) groups excluding carboxylic acids is 2. The summed E-state index contributed by atoms with van der Waals surface area (Å²) in [6, 6.07) is 12.9. The molecule has 4 rings (SSSR count). The first-order valence-electron chi connectivity index (χ1n) is 9.15. The molecule has 0 spiro atoms. The molecule has 1 amide bonds. The third kappa shape index (κ3) is 4.03. The van der Waals surface area contributed by atoms with Crippen molar-refractivity contribution in [1.29, 1.82) is 0 Å². The third-order valence-corrected chi connectivity index (χ3v) is 6.22. The molecular weight excluding hydrogens is 422 g/mol. The van der Waals surface area contributed by atoms with E-state index in [0.29, 0.717) is 15.2 Å².